The molecule has 0 saturated carbocycles. The number of rotatable bonds is 9. The van der Waals surface area contributed by atoms with Crippen LogP contribution in [0.1, 0.15) is 11.3 Å². The topological polar surface area (TPSA) is 66.3 Å². The number of likely N-dealkylation sites (N-methyl/N-ethyl adjacent to an activating group) is 1. The molecule has 0 atom stereocenters. The van der Waals surface area contributed by atoms with Crippen LogP contribution in [0, 0.1) is 6.92 Å². The van der Waals surface area contributed by atoms with Gasteiger partial charge in [0.25, 0.3) is 0 Å². The number of H-pyrrole nitrogens is 1. The largest absolute Gasteiger partial charge is 0.460 e. The molecule has 0 saturated heterocycles. The Labute approximate surface area is 125 Å². The molecule has 2 heterocycles. The van der Waals surface area contributed by atoms with Crippen molar-refractivity contribution in [1.29, 1.82) is 0 Å². The zero-order valence-corrected chi connectivity index (χ0v) is 13.0. The predicted octanol–water partition coefficient (Wildman–Crippen LogP) is 1.65. The molecule has 0 spiro atoms. The third-order valence-electron chi connectivity index (χ3n) is 3.13. The van der Waals surface area contributed by atoms with Crippen LogP contribution in [0.15, 0.2) is 22.7 Å². The van der Waals surface area contributed by atoms with Crippen molar-refractivity contribution in [1.82, 2.24) is 20.4 Å². The number of hydrogen-bond acceptors (Lipinski definition) is 5. The van der Waals surface area contributed by atoms with Gasteiger partial charge in [0, 0.05) is 25.2 Å². The van der Waals surface area contributed by atoms with E-state index in [1.54, 1.807) is 0 Å². The smallest absolute Gasteiger partial charge is 0.152 e. The van der Waals surface area contributed by atoms with E-state index in [0.29, 0.717) is 6.61 Å². The predicted molar refractivity (Wildman–Crippen MR) is 82.1 cm³/mol. The van der Waals surface area contributed by atoms with Crippen molar-refractivity contribution in [2.24, 2.45) is 0 Å². The molecular formula is C15H24N4O2. The van der Waals surface area contributed by atoms with Crippen molar-refractivity contribution in [3.8, 4) is 11.5 Å². The zero-order valence-electron chi connectivity index (χ0n) is 13.0. The molecule has 21 heavy (non-hydrogen) atoms. The highest BCUT2D eigenvalue weighted by Crippen LogP contribution is 2.22. The number of aromatic amines is 1. The molecule has 116 valence electrons. The zero-order chi connectivity index (χ0) is 15.1. The minimum atomic E-state index is 0.709. The Morgan fingerprint density at radius 2 is 2.19 bits per heavy atom. The number of aryl methyl sites for hydroxylation is 1. The van der Waals surface area contributed by atoms with Crippen LogP contribution >= 0.6 is 0 Å². The van der Waals surface area contributed by atoms with Crippen molar-refractivity contribution in [3.63, 3.8) is 0 Å². The van der Waals surface area contributed by atoms with E-state index in [2.05, 4.69) is 20.4 Å². The minimum Gasteiger partial charge on any atom is -0.460 e. The number of nitrogens with one attached hydrogen (secondary N) is 2. The maximum absolute atomic E-state index is 5.62. The maximum Gasteiger partial charge on any atom is 0.152 e. The van der Waals surface area contributed by atoms with E-state index in [1.807, 2.05) is 39.3 Å². The quantitative estimate of drug-likeness (QED) is 0.688. The molecule has 2 rings (SSSR count). The van der Waals surface area contributed by atoms with Gasteiger partial charge in [-0.2, -0.15) is 5.10 Å². The van der Waals surface area contributed by atoms with Gasteiger partial charge in [-0.1, -0.05) is 0 Å². The van der Waals surface area contributed by atoms with Gasteiger partial charge in [0.15, 0.2) is 5.76 Å². The summed E-state index contributed by atoms with van der Waals surface area (Å²) in [5.41, 5.74) is 2.03. The van der Waals surface area contributed by atoms with Crippen molar-refractivity contribution in [3.05, 3.63) is 29.7 Å². The third-order valence-corrected chi connectivity index (χ3v) is 3.13. The van der Waals surface area contributed by atoms with E-state index < -0.39 is 0 Å². The Morgan fingerprint density at radius 1 is 1.33 bits per heavy atom. The lowest BCUT2D eigenvalue weighted by atomic mass is 10.2. The summed E-state index contributed by atoms with van der Waals surface area (Å²) in [6.45, 7) is 5.91. The summed E-state index contributed by atoms with van der Waals surface area (Å²) in [5.74, 6) is 1.72. The van der Waals surface area contributed by atoms with Crippen LogP contribution in [0.5, 0.6) is 0 Å². The number of hydrogen-bond donors (Lipinski definition) is 2. The number of ether oxygens (including phenoxy) is 1. The Morgan fingerprint density at radius 3 is 2.90 bits per heavy atom. The Bertz CT molecular complexity index is 533. The molecule has 2 aromatic heterocycles. The average Bonchev–Trinajstić information content (AvgIpc) is 3.05. The van der Waals surface area contributed by atoms with E-state index in [9.17, 15) is 0 Å². The van der Waals surface area contributed by atoms with Crippen molar-refractivity contribution < 1.29 is 9.15 Å². The lowest BCUT2D eigenvalue weighted by Crippen LogP contribution is -2.23. The van der Waals surface area contributed by atoms with Crippen LogP contribution in [0.3, 0.4) is 0 Å². The fraction of sp³-hybridized carbons (Fsp3) is 0.533. The summed E-state index contributed by atoms with van der Waals surface area (Å²) in [7, 11) is 4.08. The minimum absolute atomic E-state index is 0.709. The lowest BCUT2D eigenvalue weighted by Gasteiger charge is -2.10. The molecule has 0 aliphatic rings. The summed E-state index contributed by atoms with van der Waals surface area (Å²) in [4.78, 5) is 2.11. The van der Waals surface area contributed by atoms with E-state index in [-0.39, 0.29) is 0 Å². The van der Waals surface area contributed by atoms with Crippen molar-refractivity contribution in [2.45, 2.75) is 13.5 Å². The summed E-state index contributed by atoms with van der Waals surface area (Å²) in [6, 6.07) is 3.91. The Balaban J connectivity index is 1.71. The molecular weight excluding hydrogens is 268 g/mol. The van der Waals surface area contributed by atoms with Crippen LogP contribution < -0.4 is 5.32 Å². The standard InChI is InChI=1S/C15H24N4O2/c1-12-4-5-14(21-12)15-13(11-17-18-15)10-16-6-8-20-9-7-19(2)3/h4-5,11,16H,6-10H2,1-3H3,(H,17,18). The van der Waals surface area contributed by atoms with E-state index in [0.717, 1.165) is 49.0 Å². The molecule has 6 nitrogen and oxygen atoms in total. The Hall–Kier alpha value is -1.63. The summed E-state index contributed by atoms with van der Waals surface area (Å²) in [5, 5.41) is 10.4. The Kier molecular flexibility index (Phi) is 5.98. The molecule has 0 fully saturated rings. The van der Waals surface area contributed by atoms with Gasteiger partial charge in [-0.05, 0) is 33.2 Å². The molecule has 0 aliphatic heterocycles. The molecule has 2 aromatic rings. The lowest BCUT2D eigenvalue weighted by molar-refractivity contribution is 0.119. The molecule has 0 bridgehead atoms. The van der Waals surface area contributed by atoms with Crippen LogP contribution in [0.4, 0.5) is 0 Å². The normalized spacial score (nSPS) is 11.4. The van der Waals surface area contributed by atoms with Crippen LogP contribution in [-0.2, 0) is 11.3 Å². The highest BCUT2D eigenvalue weighted by molar-refractivity contribution is 5.56. The van der Waals surface area contributed by atoms with Gasteiger partial charge >= 0.3 is 0 Å². The molecule has 0 aromatic carbocycles. The monoisotopic (exact) mass is 292 g/mol. The van der Waals surface area contributed by atoms with Crippen LogP contribution in [0.2, 0.25) is 0 Å². The van der Waals surface area contributed by atoms with E-state index in [4.69, 9.17) is 9.15 Å². The maximum atomic E-state index is 5.62. The fourth-order valence-corrected chi connectivity index (χ4v) is 1.94. The van der Waals surface area contributed by atoms with Gasteiger partial charge in [-0.3, -0.25) is 5.10 Å². The van der Waals surface area contributed by atoms with Crippen molar-refractivity contribution >= 4 is 0 Å². The SMILES string of the molecule is Cc1ccc(-c2[nH]ncc2CNCCOCCN(C)C)o1. The van der Waals surface area contributed by atoms with E-state index in [1.165, 1.54) is 0 Å². The third kappa shape index (κ3) is 5.00. The molecule has 0 radical (unpaired) electrons. The van der Waals surface area contributed by atoms with Gasteiger partial charge < -0.3 is 19.4 Å². The highest BCUT2D eigenvalue weighted by Gasteiger charge is 2.10. The van der Waals surface area contributed by atoms with E-state index >= 15 is 0 Å². The molecule has 0 unspecified atom stereocenters. The van der Waals surface area contributed by atoms with Gasteiger partial charge in [-0.25, -0.2) is 0 Å². The van der Waals surface area contributed by atoms with Gasteiger partial charge in [0.1, 0.15) is 11.5 Å². The second kappa shape index (κ2) is 7.97. The highest BCUT2D eigenvalue weighted by atomic mass is 16.5. The second-order valence-corrected chi connectivity index (χ2v) is 5.27. The summed E-state index contributed by atoms with van der Waals surface area (Å²) >= 11 is 0. The first-order valence-corrected chi connectivity index (χ1v) is 7.19. The molecule has 0 amide bonds. The second-order valence-electron chi connectivity index (χ2n) is 5.27. The molecule has 0 aliphatic carbocycles. The first-order valence-electron chi connectivity index (χ1n) is 7.19. The first-order chi connectivity index (χ1) is 10.2. The van der Waals surface area contributed by atoms with Gasteiger partial charge in [-0.15, -0.1) is 0 Å². The average molecular weight is 292 g/mol. The van der Waals surface area contributed by atoms with Gasteiger partial charge in [0.2, 0.25) is 0 Å². The van der Waals surface area contributed by atoms with Crippen LogP contribution in [-0.4, -0.2) is 55.5 Å². The fourth-order valence-electron chi connectivity index (χ4n) is 1.94. The number of aromatic nitrogens is 2. The van der Waals surface area contributed by atoms with Crippen LogP contribution in [0.25, 0.3) is 11.5 Å². The summed E-state index contributed by atoms with van der Waals surface area (Å²) in [6.07, 6.45) is 1.83. The molecule has 2 N–H and O–H groups in total. The number of furan rings is 1. The first kappa shape index (κ1) is 15.8. The van der Waals surface area contributed by atoms with Crippen molar-refractivity contribution in [2.75, 3.05) is 40.4 Å². The molecule has 6 heteroatoms. The number of nitrogens with zero attached hydrogens (tertiary/aromatic N) is 2. The van der Waals surface area contributed by atoms with Gasteiger partial charge in [0.05, 0.1) is 19.4 Å². The summed E-state index contributed by atoms with van der Waals surface area (Å²) < 4.78 is 11.2.